The van der Waals surface area contributed by atoms with Crippen LogP contribution in [0.4, 0.5) is 0 Å². The summed E-state index contributed by atoms with van der Waals surface area (Å²) in [6, 6.07) is 0. The Morgan fingerprint density at radius 1 is 1.75 bits per heavy atom. The molecule has 0 fully saturated rings. The third kappa shape index (κ3) is 1.93. The smallest absolute Gasteiger partial charge is 0.211 e. The van der Waals surface area contributed by atoms with Gasteiger partial charge in [0.25, 0.3) is 0 Å². The van der Waals surface area contributed by atoms with Gasteiger partial charge in [-0.05, 0) is 6.92 Å². The molecule has 0 N–H and O–H groups in total. The molecule has 3 nitrogen and oxygen atoms in total. The molecule has 0 aromatic rings. The van der Waals surface area contributed by atoms with E-state index in [2.05, 4.69) is 0 Å². The highest BCUT2D eigenvalue weighted by molar-refractivity contribution is 5.46. The van der Waals surface area contributed by atoms with E-state index in [0.29, 0.717) is 0 Å². The summed E-state index contributed by atoms with van der Waals surface area (Å²) in [4.78, 5) is 11.4. The number of methoxy groups -OCH3 is 1. The van der Waals surface area contributed by atoms with Crippen LogP contribution < -0.4 is 0 Å². The van der Waals surface area contributed by atoms with Crippen LogP contribution >= 0.6 is 0 Å². The van der Waals surface area contributed by atoms with Gasteiger partial charge in [0, 0.05) is 14.2 Å². The summed E-state index contributed by atoms with van der Waals surface area (Å²) in [5, 5.41) is 0. The lowest BCUT2D eigenvalue weighted by Crippen LogP contribution is -2.28. The molecule has 0 rings (SSSR count). The van der Waals surface area contributed by atoms with Gasteiger partial charge in [0.1, 0.15) is 6.23 Å². The minimum Gasteiger partial charge on any atom is -0.362 e. The first-order valence-corrected chi connectivity index (χ1v) is 2.42. The second-order valence-corrected chi connectivity index (χ2v) is 1.61. The topological polar surface area (TPSA) is 29.5 Å². The molecule has 0 aliphatic heterocycles. The number of ether oxygens (including phenoxy) is 1. The summed E-state index contributed by atoms with van der Waals surface area (Å²) < 4.78 is 4.80. The molecule has 1 unspecified atom stereocenters. The molecule has 0 aromatic carbocycles. The fourth-order valence-corrected chi connectivity index (χ4v) is 0.252. The average molecular weight is 117 g/mol. The molecule has 3 heteroatoms. The van der Waals surface area contributed by atoms with Gasteiger partial charge >= 0.3 is 0 Å². The van der Waals surface area contributed by atoms with Crippen LogP contribution in [0, 0.1) is 0 Å². The largest absolute Gasteiger partial charge is 0.362 e. The third-order valence-corrected chi connectivity index (χ3v) is 1.08. The van der Waals surface area contributed by atoms with Gasteiger partial charge in [0.05, 0.1) is 0 Å². The first-order chi connectivity index (χ1) is 3.72. The van der Waals surface area contributed by atoms with Gasteiger partial charge in [-0.3, -0.25) is 4.79 Å². The highest BCUT2D eigenvalue weighted by atomic mass is 16.5. The number of carbonyl (C=O) groups excluding carboxylic acids is 1. The summed E-state index contributed by atoms with van der Waals surface area (Å²) in [6.45, 7) is 1.80. The maximum Gasteiger partial charge on any atom is 0.211 e. The van der Waals surface area contributed by atoms with Gasteiger partial charge in [-0.25, -0.2) is 0 Å². The molecule has 0 aromatic heterocycles. The molecule has 0 saturated carbocycles. The van der Waals surface area contributed by atoms with E-state index >= 15 is 0 Å². The molecule has 48 valence electrons. The summed E-state index contributed by atoms with van der Waals surface area (Å²) in [6.07, 6.45) is 0.612. The second kappa shape index (κ2) is 3.43. The van der Waals surface area contributed by atoms with Crippen LogP contribution in [0.2, 0.25) is 0 Å². The fraction of sp³-hybridized carbons (Fsp3) is 0.800. The lowest BCUT2D eigenvalue weighted by Gasteiger charge is -2.17. The zero-order valence-corrected chi connectivity index (χ0v) is 5.42. The highest BCUT2D eigenvalue weighted by Gasteiger charge is 2.01. The van der Waals surface area contributed by atoms with Crippen LogP contribution in [-0.4, -0.2) is 31.7 Å². The summed E-state index contributed by atoms with van der Waals surface area (Å²) in [5.74, 6) is 0. The predicted molar refractivity (Wildman–Crippen MR) is 30.3 cm³/mol. The average Bonchev–Trinajstić information content (AvgIpc) is 1.84. The number of hydrogen-bond donors (Lipinski definition) is 0. The van der Waals surface area contributed by atoms with Gasteiger partial charge in [-0.2, -0.15) is 0 Å². The molecule has 0 aliphatic rings. The molecule has 0 saturated heterocycles. The van der Waals surface area contributed by atoms with Crippen molar-refractivity contribution >= 4 is 6.41 Å². The van der Waals surface area contributed by atoms with Gasteiger partial charge in [0.2, 0.25) is 6.41 Å². The summed E-state index contributed by atoms with van der Waals surface area (Å²) >= 11 is 0. The Labute approximate surface area is 49.2 Å². The lowest BCUT2D eigenvalue weighted by atomic mass is 10.6. The van der Waals surface area contributed by atoms with Gasteiger partial charge < -0.3 is 9.64 Å². The number of amides is 1. The van der Waals surface area contributed by atoms with Crippen molar-refractivity contribution in [3.05, 3.63) is 0 Å². The monoisotopic (exact) mass is 117 g/mol. The van der Waals surface area contributed by atoms with Crippen LogP contribution in [0.15, 0.2) is 0 Å². The van der Waals surface area contributed by atoms with Gasteiger partial charge in [-0.1, -0.05) is 0 Å². The number of nitrogens with zero attached hydrogens (tertiary/aromatic N) is 1. The molecule has 0 heterocycles. The normalized spacial score (nSPS) is 12.9. The Kier molecular flexibility index (Phi) is 3.19. The fourth-order valence-electron chi connectivity index (χ4n) is 0.252. The third-order valence-electron chi connectivity index (χ3n) is 1.08. The van der Waals surface area contributed by atoms with Crippen LogP contribution in [0.25, 0.3) is 0 Å². The predicted octanol–water partition coefficient (Wildman–Crippen LogP) is 0.0670. The van der Waals surface area contributed by atoms with Crippen molar-refractivity contribution in [2.75, 3.05) is 14.2 Å². The van der Waals surface area contributed by atoms with Crippen molar-refractivity contribution in [3.8, 4) is 0 Å². The number of rotatable bonds is 3. The Bertz CT molecular complexity index is 74.8. The lowest BCUT2D eigenvalue weighted by molar-refractivity contribution is -0.126. The minimum absolute atomic E-state index is 0.118. The first-order valence-electron chi connectivity index (χ1n) is 2.42. The van der Waals surface area contributed by atoms with Crippen LogP contribution in [0.5, 0.6) is 0 Å². The molecular formula is C5H11NO2. The van der Waals surface area contributed by atoms with Crippen LogP contribution in [-0.2, 0) is 9.53 Å². The van der Waals surface area contributed by atoms with Crippen molar-refractivity contribution < 1.29 is 9.53 Å². The van der Waals surface area contributed by atoms with E-state index in [4.69, 9.17) is 4.74 Å². The van der Waals surface area contributed by atoms with Crippen molar-refractivity contribution in [3.63, 3.8) is 0 Å². The molecule has 0 bridgehead atoms. The molecule has 0 aliphatic carbocycles. The standard InChI is InChI=1S/C5H11NO2/c1-5(8-3)6(2)4-7/h4-5H,1-3H3. The first kappa shape index (κ1) is 7.43. The minimum atomic E-state index is -0.118. The second-order valence-electron chi connectivity index (χ2n) is 1.61. The zero-order valence-electron chi connectivity index (χ0n) is 5.42. The van der Waals surface area contributed by atoms with E-state index in [0.717, 1.165) is 6.41 Å². The van der Waals surface area contributed by atoms with E-state index in [9.17, 15) is 4.79 Å². The number of carbonyl (C=O) groups is 1. The van der Waals surface area contributed by atoms with E-state index in [1.807, 2.05) is 0 Å². The summed E-state index contributed by atoms with van der Waals surface area (Å²) in [7, 11) is 3.23. The Balaban J connectivity index is 3.44. The SMILES string of the molecule is COC(C)N(C)C=O. The van der Waals surface area contributed by atoms with Crippen molar-refractivity contribution in [2.24, 2.45) is 0 Å². The van der Waals surface area contributed by atoms with Crippen molar-refractivity contribution in [1.29, 1.82) is 0 Å². The molecule has 0 spiro atoms. The molecule has 0 radical (unpaired) electrons. The quantitative estimate of drug-likeness (QED) is 0.386. The van der Waals surface area contributed by atoms with Gasteiger partial charge in [-0.15, -0.1) is 0 Å². The Morgan fingerprint density at radius 2 is 2.25 bits per heavy atom. The van der Waals surface area contributed by atoms with Gasteiger partial charge in [0.15, 0.2) is 0 Å². The summed E-state index contributed by atoms with van der Waals surface area (Å²) in [5.41, 5.74) is 0. The van der Waals surface area contributed by atoms with Crippen molar-refractivity contribution in [2.45, 2.75) is 13.2 Å². The van der Waals surface area contributed by atoms with Crippen molar-refractivity contribution in [1.82, 2.24) is 4.90 Å². The maximum atomic E-state index is 9.95. The number of hydrogen-bond acceptors (Lipinski definition) is 2. The molecular weight excluding hydrogens is 106 g/mol. The van der Waals surface area contributed by atoms with E-state index in [1.165, 1.54) is 4.90 Å². The van der Waals surface area contributed by atoms with E-state index < -0.39 is 0 Å². The van der Waals surface area contributed by atoms with E-state index in [1.54, 1.807) is 21.1 Å². The molecule has 8 heavy (non-hydrogen) atoms. The Morgan fingerprint density at radius 3 is 2.38 bits per heavy atom. The Hall–Kier alpha value is -0.570. The highest BCUT2D eigenvalue weighted by Crippen LogP contribution is 1.89. The van der Waals surface area contributed by atoms with E-state index in [-0.39, 0.29) is 6.23 Å². The van der Waals surface area contributed by atoms with Crippen LogP contribution in [0.3, 0.4) is 0 Å². The molecule has 1 amide bonds. The molecule has 1 atom stereocenters. The van der Waals surface area contributed by atoms with Crippen LogP contribution in [0.1, 0.15) is 6.92 Å². The maximum absolute atomic E-state index is 9.95. The zero-order chi connectivity index (χ0) is 6.57.